The third kappa shape index (κ3) is 3.10. The Morgan fingerprint density at radius 1 is 1.18 bits per heavy atom. The van der Waals surface area contributed by atoms with Crippen molar-refractivity contribution in [2.24, 2.45) is 5.92 Å². The van der Waals surface area contributed by atoms with Gasteiger partial charge in [0, 0.05) is 18.0 Å². The van der Waals surface area contributed by atoms with E-state index < -0.39 is 0 Å². The Balaban J connectivity index is 2.07. The van der Waals surface area contributed by atoms with E-state index in [1.807, 2.05) is 0 Å². The van der Waals surface area contributed by atoms with Crippen LogP contribution >= 0.6 is 0 Å². The predicted molar refractivity (Wildman–Crippen MR) is 74.4 cm³/mol. The van der Waals surface area contributed by atoms with E-state index in [0.717, 1.165) is 5.92 Å². The summed E-state index contributed by atoms with van der Waals surface area (Å²) in [4.78, 5) is 0. The molecule has 0 bridgehead atoms. The zero-order valence-corrected chi connectivity index (χ0v) is 11.5. The third-order valence-electron chi connectivity index (χ3n) is 3.81. The highest BCUT2D eigenvalue weighted by molar-refractivity contribution is 5.28. The summed E-state index contributed by atoms with van der Waals surface area (Å²) in [6.07, 6.45) is 2.46. The van der Waals surface area contributed by atoms with Gasteiger partial charge in [-0.05, 0) is 43.7 Å². The van der Waals surface area contributed by atoms with Crippen molar-refractivity contribution in [3.05, 3.63) is 35.4 Å². The van der Waals surface area contributed by atoms with Gasteiger partial charge in [0.2, 0.25) is 0 Å². The first-order valence-corrected chi connectivity index (χ1v) is 6.91. The van der Waals surface area contributed by atoms with E-state index in [1.165, 1.54) is 24.0 Å². The molecular formula is C16H25N. The molecule has 1 heterocycles. The van der Waals surface area contributed by atoms with E-state index in [1.54, 1.807) is 0 Å². The lowest BCUT2D eigenvalue weighted by Gasteiger charge is -2.16. The summed E-state index contributed by atoms with van der Waals surface area (Å²) in [6, 6.07) is 10.6. The summed E-state index contributed by atoms with van der Waals surface area (Å²) >= 11 is 0. The summed E-state index contributed by atoms with van der Waals surface area (Å²) in [5, 5.41) is 3.61. The molecule has 1 aromatic rings. The summed E-state index contributed by atoms with van der Waals surface area (Å²) < 4.78 is 0. The first-order valence-electron chi connectivity index (χ1n) is 6.91. The van der Waals surface area contributed by atoms with Crippen LogP contribution in [-0.2, 0) is 6.42 Å². The van der Waals surface area contributed by atoms with Crippen molar-refractivity contribution in [2.45, 2.75) is 58.5 Å². The Morgan fingerprint density at radius 2 is 1.82 bits per heavy atom. The van der Waals surface area contributed by atoms with Gasteiger partial charge in [0.15, 0.2) is 0 Å². The molecule has 1 aromatic carbocycles. The summed E-state index contributed by atoms with van der Waals surface area (Å²) in [7, 11) is 0. The number of hydrogen-bond acceptors (Lipinski definition) is 1. The lowest BCUT2D eigenvalue weighted by atomic mass is 9.90. The average molecular weight is 231 g/mol. The molecule has 0 aromatic heterocycles. The van der Waals surface area contributed by atoms with Gasteiger partial charge < -0.3 is 5.32 Å². The zero-order valence-electron chi connectivity index (χ0n) is 11.5. The van der Waals surface area contributed by atoms with Crippen molar-refractivity contribution in [1.29, 1.82) is 0 Å². The first kappa shape index (κ1) is 12.6. The number of rotatable bonds is 3. The van der Waals surface area contributed by atoms with Gasteiger partial charge in [-0.2, -0.15) is 0 Å². The van der Waals surface area contributed by atoms with Crippen LogP contribution < -0.4 is 5.32 Å². The average Bonchev–Trinajstić information content (AvgIpc) is 2.58. The molecule has 17 heavy (non-hydrogen) atoms. The maximum atomic E-state index is 3.61. The van der Waals surface area contributed by atoms with E-state index in [9.17, 15) is 0 Å². The smallest absolute Gasteiger partial charge is 0.0110 e. The highest BCUT2D eigenvalue weighted by Crippen LogP contribution is 2.30. The molecule has 3 atom stereocenters. The minimum Gasteiger partial charge on any atom is -0.311 e. The second kappa shape index (κ2) is 5.22. The molecule has 1 heteroatoms. The Bertz CT molecular complexity index is 352. The molecule has 1 aliphatic rings. The van der Waals surface area contributed by atoms with Crippen LogP contribution in [0.5, 0.6) is 0 Å². The van der Waals surface area contributed by atoms with Crippen LogP contribution in [-0.4, -0.2) is 12.1 Å². The van der Waals surface area contributed by atoms with Crippen molar-refractivity contribution in [3.8, 4) is 0 Å². The van der Waals surface area contributed by atoms with Gasteiger partial charge in [-0.1, -0.05) is 38.1 Å². The number of benzene rings is 1. The SMILES string of the molecule is CC(C)Cc1ccc(C2CC(C)NC2C)cc1. The van der Waals surface area contributed by atoms with E-state index in [2.05, 4.69) is 57.3 Å². The van der Waals surface area contributed by atoms with Gasteiger partial charge in [0.1, 0.15) is 0 Å². The fraction of sp³-hybridized carbons (Fsp3) is 0.625. The van der Waals surface area contributed by atoms with E-state index in [4.69, 9.17) is 0 Å². The Labute approximate surface area is 106 Å². The Kier molecular flexibility index (Phi) is 3.88. The molecule has 0 saturated carbocycles. The van der Waals surface area contributed by atoms with E-state index >= 15 is 0 Å². The zero-order chi connectivity index (χ0) is 12.4. The highest BCUT2D eigenvalue weighted by Gasteiger charge is 2.28. The van der Waals surface area contributed by atoms with Gasteiger partial charge in [-0.25, -0.2) is 0 Å². The maximum absolute atomic E-state index is 3.61. The summed E-state index contributed by atoms with van der Waals surface area (Å²) in [5.74, 6) is 1.44. The molecule has 0 amide bonds. The van der Waals surface area contributed by atoms with Crippen molar-refractivity contribution >= 4 is 0 Å². The largest absolute Gasteiger partial charge is 0.311 e. The summed E-state index contributed by atoms with van der Waals surface area (Å²) in [5.41, 5.74) is 2.97. The summed E-state index contributed by atoms with van der Waals surface area (Å²) in [6.45, 7) is 9.14. The monoisotopic (exact) mass is 231 g/mol. The molecule has 1 N–H and O–H groups in total. The molecule has 3 unspecified atom stereocenters. The minimum absolute atomic E-state index is 0.612. The molecule has 1 aliphatic heterocycles. The van der Waals surface area contributed by atoms with Crippen LogP contribution in [0.25, 0.3) is 0 Å². The number of nitrogens with one attached hydrogen (secondary N) is 1. The molecule has 0 aliphatic carbocycles. The maximum Gasteiger partial charge on any atom is 0.0110 e. The molecule has 0 radical (unpaired) electrons. The molecule has 1 saturated heterocycles. The minimum atomic E-state index is 0.612. The Hall–Kier alpha value is -0.820. The predicted octanol–water partition coefficient (Wildman–Crippen LogP) is 3.74. The van der Waals surface area contributed by atoms with Crippen molar-refractivity contribution in [1.82, 2.24) is 5.32 Å². The molecule has 0 spiro atoms. The van der Waals surface area contributed by atoms with Crippen LogP contribution in [0.1, 0.15) is 51.2 Å². The molecule has 1 fully saturated rings. The normalized spacial score (nSPS) is 28.9. The lowest BCUT2D eigenvalue weighted by Crippen LogP contribution is -2.26. The van der Waals surface area contributed by atoms with Gasteiger partial charge in [0.05, 0.1) is 0 Å². The number of hydrogen-bond donors (Lipinski definition) is 1. The van der Waals surface area contributed by atoms with E-state index in [-0.39, 0.29) is 0 Å². The van der Waals surface area contributed by atoms with Crippen LogP contribution in [0.4, 0.5) is 0 Å². The fourth-order valence-corrected chi connectivity index (χ4v) is 3.02. The second-order valence-corrected chi connectivity index (χ2v) is 6.04. The quantitative estimate of drug-likeness (QED) is 0.835. The standard InChI is InChI=1S/C16H25N/c1-11(2)9-14-5-7-15(8-6-14)16-10-12(3)17-13(16)4/h5-8,11-13,16-17H,9-10H2,1-4H3. The van der Waals surface area contributed by atoms with Crippen molar-refractivity contribution < 1.29 is 0 Å². The Morgan fingerprint density at radius 3 is 2.29 bits per heavy atom. The third-order valence-corrected chi connectivity index (χ3v) is 3.81. The fourth-order valence-electron chi connectivity index (χ4n) is 3.02. The molecule has 1 nitrogen and oxygen atoms in total. The van der Waals surface area contributed by atoms with Crippen LogP contribution in [0, 0.1) is 5.92 Å². The highest BCUT2D eigenvalue weighted by atomic mass is 15.0. The van der Waals surface area contributed by atoms with Crippen molar-refractivity contribution in [3.63, 3.8) is 0 Å². The molecule has 94 valence electrons. The van der Waals surface area contributed by atoms with Crippen LogP contribution in [0.15, 0.2) is 24.3 Å². The van der Waals surface area contributed by atoms with E-state index in [0.29, 0.717) is 18.0 Å². The lowest BCUT2D eigenvalue weighted by molar-refractivity contribution is 0.574. The van der Waals surface area contributed by atoms with Gasteiger partial charge in [-0.15, -0.1) is 0 Å². The van der Waals surface area contributed by atoms with Crippen molar-refractivity contribution in [2.75, 3.05) is 0 Å². The van der Waals surface area contributed by atoms with Crippen LogP contribution in [0.3, 0.4) is 0 Å². The topological polar surface area (TPSA) is 12.0 Å². The van der Waals surface area contributed by atoms with Gasteiger partial charge in [0.25, 0.3) is 0 Å². The second-order valence-electron chi connectivity index (χ2n) is 6.04. The molecule has 2 rings (SSSR count). The first-order chi connectivity index (χ1) is 8.06. The van der Waals surface area contributed by atoms with Gasteiger partial charge in [-0.3, -0.25) is 0 Å². The molecular weight excluding hydrogens is 206 g/mol. The van der Waals surface area contributed by atoms with Gasteiger partial charge >= 0.3 is 0 Å². The van der Waals surface area contributed by atoms with Crippen LogP contribution in [0.2, 0.25) is 0 Å².